The number of H-pyrrole nitrogens is 1. The van der Waals surface area contributed by atoms with Gasteiger partial charge in [-0.3, -0.25) is 4.79 Å². The Kier molecular flexibility index (Phi) is 5.59. The van der Waals surface area contributed by atoms with Crippen molar-refractivity contribution in [3.8, 4) is 11.3 Å². The van der Waals surface area contributed by atoms with Crippen LogP contribution in [0.25, 0.3) is 11.3 Å². The summed E-state index contributed by atoms with van der Waals surface area (Å²) < 4.78 is 18.2. The molecule has 1 heterocycles. The van der Waals surface area contributed by atoms with E-state index >= 15 is 0 Å². The lowest BCUT2D eigenvalue weighted by molar-refractivity contribution is 0.0943. The second kappa shape index (κ2) is 7.64. The van der Waals surface area contributed by atoms with Crippen LogP contribution in [0.15, 0.2) is 29.1 Å². The molecule has 0 aliphatic rings. The highest BCUT2D eigenvalue weighted by Crippen LogP contribution is 2.19. The summed E-state index contributed by atoms with van der Waals surface area (Å²) in [6, 6.07) is 5.87. The van der Waals surface area contributed by atoms with Crippen molar-refractivity contribution >= 4 is 5.91 Å². The van der Waals surface area contributed by atoms with Crippen LogP contribution in [0.3, 0.4) is 0 Å². The topological polar surface area (TPSA) is 84.1 Å². The van der Waals surface area contributed by atoms with Crippen LogP contribution in [0.1, 0.15) is 22.5 Å². The minimum absolute atomic E-state index is 0.111. The summed E-state index contributed by atoms with van der Waals surface area (Å²) in [7, 11) is 1.58. The molecule has 1 amide bonds. The number of nitrogens with one attached hydrogen (secondary N) is 2. The average Bonchev–Trinajstić information content (AvgIpc) is 2.53. The number of hydrogen-bond acceptors (Lipinski definition) is 4. The second-order valence-electron chi connectivity index (χ2n) is 5.05. The van der Waals surface area contributed by atoms with Crippen molar-refractivity contribution in [3.05, 3.63) is 51.8 Å². The van der Waals surface area contributed by atoms with Crippen LogP contribution in [-0.4, -0.2) is 36.1 Å². The SMILES string of the molecule is COCCCNC(=O)c1cc(-c2ccc(F)c(C)c2)nc(=O)[nH]1. The molecule has 7 heteroatoms. The number of methoxy groups -OCH3 is 1. The molecule has 0 spiro atoms. The summed E-state index contributed by atoms with van der Waals surface area (Å²) >= 11 is 0. The van der Waals surface area contributed by atoms with Gasteiger partial charge in [-0.25, -0.2) is 9.18 Å². The summed E-state index contributed by atoms with van der Waals surface area (Å²) in [5.74, 6) is -0.740. The van der Waals surface area contributed by atoms with E-state index in [1.807, 2.05) is 0 Å². The lowest BCUT2D eigenvalue weighted by Crippen LogP contribution is -2.28. The van der Waals surface area contributed by atoms with Gasteiger partial charge in [0.15, 0.2) is 0 Å². The van der Waals surface area contributed by atoms with E-state index in [4.69, 9.17) is 4.74 Å². The van der Waals surface area contributed by atoms with Crippen LogP contribution < -0.4 is 11.0 Å². The molecule has 0 saturated heterocycles. The van der Waals surface area contributed by atoms with Crippen molar-refractivity contribution in [1.29, 1.82) is 0 Å². The van der Waals surface area contributed by atoms with Gasteiger partial charge in [0.25, 0.3) is 5.91 Å². The zero-order valence-corrected chi connectivity index (χ0v) is 13.0. The summed E-state index contributed by atoms with van der Waals surface area (Å²) in [6.07, 6.45) is 0.668. The Balaban J connectivity index is 2.23. The monoisotopic (exact) mass is 319 g/mol. The number of rotatable bonds is 6. The fourth-order valence-corrected chi connectivity index (χ4v) is 2.05. The van der Waals surface area contributed by atoms with E-state index in [0.717, 1.165) is 0 Å². The van der Waals surface area contributed by atoms with Crippen LogP contribution in [-0.2, 0) is 4.74 Å². The fourth-order valence-electron chi connectivity index (χ4n) is 2.05. The molecule has 0 radical (unpaired) electrons. The number of aromatic nitrogens is 2. The van der Waals surface area contributed by atoms with E-state index in [1.165, 1.54) is 18.2 Å². The summed E-state index contributed by atoms with van der Waals surface area (Å²) in [5, 5.41) is 2.68. The van der Waals surface area contributed by atoms with Gasteiger partial charge in [0.2, 0.25) is 0 Å². The molecule has 0 unspecified atom stereocenters. The molecule has 1 aromatic carbocycles. The molecule has 0 saturated carbocycles. The van der Waals surface area contributed by atoms with Gasteiger partial charge in [0.05, 0.1) is 5.69 Å². The van der Waals surface area contributed by atoms with Gasteiger partial charge in [-0.1, -0.05) is 0 Å². The maximum Gasteiger partial charge on any atom is 0.346 e. The quantitative estimate of drug-likeness (QED) is 0.793. The van der Waals surface area contributed by atoms with E-state index < -0.39 is 11.6 Å². The number of aromatic amines is 1. The molecular weight excluding hydrogens is 301 g/mol. The molecule has 0 aliphatic heterocycles. The zero-order valence-electron chi connectivity index (χ0n) is 13.0. The smallest absolute Gasteiger partial charge is 0.346 e. The first-order valence-electron chi connectivity index (χ1n) is 7.16. The van der Waals surface area contributed by atoms with Gasteiger partial charge < -0.3 is 15.0 Å². The van der Waals surface area contributed by atoms with Crippen molar-refractivity contribution in [1.82, 2.24) is 15.3 Å². The standard InChI is InChI=1S/C16H18FN3O3/c1-10-8-11(4-5-12(10)17)13-9-14(20-16(22)19-13)15(21)18-6-3-7-23-2/h4-5,8-9H,3,6-7H2,1-2H3,(H,18,21)(H,19,20,22). The van der Waals surface area contributed by atoms with E-state index in [1.54, 1.807) is 20.1 Å². The molecule has 2 aromatic rings. The highest BCUT2D eigenvalue weighted by molar-refractivity contribution is 5.93. The lowest BCUT2D eigenvalue weighted by atomic mass is 10.1. The number of nitrogens with zero attached hydrogens (tertiary/aromatic N) is 1. The van der Waals surface area contributed by atoms with Crippen LogP contribution in [0.5, 0.6) is 0 Å². The summed E-state index contributed by atoms with van der Waals surface area (Å²) in [5.41, 5.74) is 0.809. The number of hydrogen-bond donors (Lipinski definition) is 2. The van der Waals surface area contributed by atoms with Gasteiger partial charge in [-0.2, -0.15) is 4.98 Å². The van der Waals surface area contributed by atoms with E-state index in [2.05, 4.69) is 15.3 Å². The minimum atomic E-state index is -0.633. The Morgan fingerprint density at radius 1 is 1.39 bits per heavy atom. The fraction of sp³-hybridized carbons (Fsp3) is 0.312. The van der Waals surface area contributed by atoms with Crippen LogP contribution in [0.4, 0.5) is 4.39 Å². The third kappa shape index (κ3) is 4.46. The Hall–Kier alpha value is -2.54. The Morgan fingerprint density at radius 3 is 2.87 bits per heavy atom. The third-order valence-corrected chi connectivity index (χ3v) is 3.25. The number of aryl methyl sites for hydroxylation is 1. The van der Waals surface area contributed by atoms with Crippen molar-refractivity contribution in [2.24, 2.45) is 0 Å². The van der Waals surface area contributed by atoms with Gasteiger partial charge in [0, 0.05) is 25.8 Å². The third-order valence-electron chi connectivity index (χ3n) is 3.25. The Morgan fingerprint density at radius 2 is 2.17 bits per heavy atom. The normalized spacial score (nSPS) is 10.6. The summed E-state index contributed by atoms with van der Waals surface area (Å²) in [4.78, 5) is 30.0. The molecular formula is C16H18FN3O3. The molecule has 2 rings (SSSR count). The van der Waals surface area contributed by atoms with Gasteiger partial charge in [-0.15, -0.1) is 0 Å². The van der Waals surface area contributed by atoms with Gasteiger partial charge >= 0.3 is 5.69 Å². The molecule has 0 aliphatic carbocycles. The molecule has 0 fully saturated rings. The molecule has 122 valence electrons. The van der Waals surface area contributed by atoms with E-state index in [-0.39, 0.29) is 11.5 Å². The first kappa shape index (κ1) is 16.8. The number of carbonyl (C=O) groups is 1. The molecule has 1 aromatic heterocycles. The first-order chi connectivity index (χ1) is 11.0. The van der Waals surface area contributed by atoms with E-state index in [0.29, 0.717) is 36.4 Å². The van der Waals surface area contributed by atoms with Crippen molar-refractivity contribution in [3.63, 3.8) is 0 Å². The molecule has 23 heavy (non-hydrogen) atoms. The Bertz CT molecular complexity index is 758. The zero-order chi connectivity index (χ0) is 16.8. The predicted molar refractivity (Wildman–Crippen MR) is 83.8 cm³/mol. The Labute approximate surface area is 132 Å². The van der Waals surface area contributed by atoms with Gasteiger partial charge in [0.1, 0.15) is 11.5 Å². The van der Waals surface area contributed by atoms with Crippen molar-refractivity contribution < 1.29 is 13.9 Å². The van der Waals surface area contributed by atoms with Crippen molar-refractivity contribution in [2.75, 3.05) is 20.3 Å². The number of carbonyl (C=O) groups excluding carboxylic acids is 1. The van der Waals surface area contributed by atoms with Gasteiger partial charge in [-0.05, 0) is 43.2 Å². The predicted octanol–water partition coefficient (Wildman–Crippen LogP) is 1.65. The maximum atomic E-state index is 13.3. The number of benzene rings is 1. The first-order valence-corrected chi connectivity index (χ1v) is 7.16. The van der Waals surface area contributed by atoms with Crippen LogP contribution in [0.2, 0.25) is 0 Å². The largest absolute Gasteiger partial charge is 0.385 e. The average molecular weight is 319 g/mol. The second-order valence-corrected chi connectivity index (χ2v) is 5.05. The number of amides is 1. The molecule has 0 atom stereocenters. The van der Waals surface area contributed by atoms with E-state index in [9.17, 15) is 14.0 Å². The summed E-state index contributed by atoms with van der Waals surface area (Å²) in [6.45, 7) is 2.59. The number of ether oxygens (including phenoxy) is 1. The lowest BCUT2D eigenvalue weighted by Gasteiger charge is -2.07. The maximum absolute atomic E-state index is 13.3. The van der Waals surface area contributed by atoms with Crippen molar-refractivity contribution in [2.45, 2.75) is 13.3 Å². The molecule has 0 bridgehead atoms. The van der Waals surface area contributed by atoms with Crippen LogP contribution >= 0.6 is 0 Å². The molecule has 6 nitrogen and oxygen atoms in total. The van der Waals surface area contributed by atoms with Crippen LogP contribution in [0, 0.1) is 12.7 Å². The highest BCUT2D eigenvalue weighted by atomic mass is 19.1. The minimum Gasteiger partial charge on any atom is -0.385 e. The highest BCUT2D eigenvalue weighted by Gasteiger charge is 2.11. The molecule has 2 N–H and O–H groups in total. The number of halogens is 1.